The lowest BCUT2D eigenvalue weighted by molar-refractivity contribution is -0.200. The second kappa shape index (κ2) is 12.3. The molecule has 0 aromatic carbocycles. The van der Waals surface area contributed by atoms with Gasteiger partial charge in [-0.2, -0.15) is 0 Å². The number of carbonyl (C=O) groups excluding carboxylic acids is 1. The Morgan fingerprint density at radius 2 is 1.84 bits per heavy atom. The Bertz CT molecular complexity index is 569. The maximum atomic E-state index is 11.7. The summed E-state index contributed by atoms with van der Waals surface area (Å²) < 4.78 is 16.9. The average molecular weight is 473 g/mol. The highest BCUT2D eigenvalue weighted by molar-refractivity contribution is 6.81. The van der Waals surface area contributed by atoms with Crippen molar-refractivity contribution < 1.29 is 29.2 Å². The highest BCUT2D eigenvalue weighted by Gasteiger charge is 2.54. The maximum absolute atomic E-state index is 11.7. The van der Waals surface area contributed by atoms with Crippen LogP contribution in [0.15, 0.2) is 0 Å². The van der Waals surface area contributed by atoms with E-state index in [1.54, 1.807) is 0 Å². The van der Waals surface area contributed by atoms with E-state index >= 15 is 0 Å². The molecule has 32 heavy (non-hydrogen) atoms. The largest absolute Gasteiger partial charge is 0.469 e. The number of methoxy groups -OCH3 is 1. The summed E-state index contributed by atoms with van der Waals surface area (Å²) in [5.74, 6) is -0.182. The third-order valence-electron chi connectivity index (χ3n) is 8.29. The van der Waals surface area contributed by atoms with Crippen molar-refractivity contribution in [3.05, 3.63) is 0 Å². The molecule has 2 rings (SSSR count). The van der Waals surface area contributed by atoms with Gasteiger partial charge in [0.25, 0.3) is 0 Å². The molecule has 6 nitrogen and oxygen atoms in total. The van der Waals surface area contributed by atoms with E-state index in [1.807, 2.05) is 0 Å². The third-order valence-corrected chi connectivity index (χ3v) is 14.0. The zero-order valence-corrected chi connectivity index (χ0v) is 22.3. The quantitative estimate of drug-likeness (QED) is 0.255. The van der Waals surface area contributed by atoms with E-state index in [2.05, 4.69) is 33.9 Å². The van der Waals surface area contributed by atoms with Crippen molar-refractivity contribution in [2.45, 2.75) is 127 Å². The van der Waals surface area contributed by atoms with Gasteiger partial charge in [0, 0.05) is 25.4 Å². The molecular formula is C25H48O6Si. The van der Waals surface area contributed by atoms with E-state index in [9.17, 15) is 15.0 Å². The minimum absolute atomic E-state index is 0.0355. The monoisotopic (exact) mass is 472 g/mol. The number of rotatable bonds is 11. The van der Waals surface area contributed by atoms with Crippen molar-refractivity contribution in [2.24, 2.45) is 11.8 Å². The number of hydrogen-bond acceptors (Lipinski definition) is 6. The fourth-order valence-corrected chi connectivity index (χ4v) is 7.43. The average Bonchev–Trinajstić information content (AvgIpc) is 3.04. The lowest BCUT2D eigenvalue weighted by atomic mass is 9.88. The van der Waals surface area contributed by atoms with Crippen LogP contribution in [0.1, 0.15) is 85.0 Å². The van der Waals surface area contributed by atoms with Gasteiger partial charge in [-0.1, -0.05) is 53.1 Å². The molecule has 2 aliphatic rings. The van der Waals surface area contributed by atoms with Crippen LogP contribution in [0.2, 0.25) is 18.1 Å². The highest BCUT2D eigenvalue weighted by atomic mass is 28.3. The second-order valence-electron chi connectivity index (χ2n) is 11.5. The molecule has 7 heteroatoms. The molecule has 2 fully saturated rings. The summed E-state index contributed by atoms with van der Waals surface area (Å²) in [5.41, 5.74) is -0.447. The molecule has 1 aliphatic carbocycles. The molecule has 0 spiro atoms. The number of aliphatic hydroxyl groups is 2. The standard InChI is InChI=1S/C25H48O6Si/c1-25(2,3)32(5,6)24(28)23-18(13-9-7-8-10-14-21(27)29-4)19(26)17-20(23)31-22-15-11-12-16-30-22/h18-20,22-24,26,28H,7-17H2,1-6H3/t18-,19+,20+,22?,23-,24?/m0/s1. The predicted octanol–water partition coefficient (Wildman–Crippen LogP) is 4.82. The smallest absolute Gasteiger partial charge is 0.305 e. The van der Waals surface area contributed by atoms with Gasteiger partial charge in [-0.05, 0) is 43.1 Å². The number of hydrogen-bond donors (Lipinski definition) is 2. The Morgan fingerprint density at radius 1 is 1.16 bits per heavy atom. The third kappa shape index (κ3) is 7.26. The summed E-state index contributed by atoms with van der Waals surface area (Å²) in [5, 5.41) is 22.8. The van der Waals surface area contributed by atoms with Gasteiger partial charge in [0.2, 0.25) is 0 Å². The van der Waals surface area contributed by atoms with E-state index in [-0.39, 0.29) is 35.2 Å². The molecule has 1 heterocycles. The topological polar surface area (TPSA) is 85.2 Å². The molecule has 0 amide bonds. The van der Waals surface area contributed by atoms with Crippen molar-refractivity contribution in [2.75, 3.05) is 13.7 Å². The van der Waals surface area contributed by atoms with Crippen molar-refractivity contribution in [3.8, 4) is 0 Å². The molecule has 6 atom stereocenters. The normalized spacial score (nSPS) is 30.3. The molecule has 1 aliphatic heterocycles. The minimum Gasteiger partial charge on any atom is -0.469 e. The van der Waals surface area contributed by atoms with E-state index in [4.69, 9.17) is 14.2 Å². The molecule has 188 valence electrons. The lowest BCUT2D eigenvalue weighted by Crippen LogP contribution is -2.56. The SMILES string of the molecule is COC(=O)CCCCCC[C@@H]1[C@H](C(O)[Si](C)(C)C(C)(C)C)[C@H](OC2CCCCO2)C[C@H]1O. The minimum atomic E-state index is -2.06. The van der Waals surface area contributed by atoms with Gasteiger partial charge >= 0.3 is 5.97 Å². The predicted molar refractivity (Wildman–Crippen MR) is 129 cm³/mol. The van der Waals surface area contributed by atoms with Crippen LogP contribution in [0.25, 0.3) is 0 Å². The number of carbonyl (C=O) groups is 1. The van der Waals surface area contributed by atoms with Gasteiger partial charge in [-0.15, -0.1) is 0 Å². The molecule has 1 saturated carbocycles. The van der Waals surface area contributed by atoms with Gasteiger partial charge < -0.3 is 24.4 Å². The molecule has 0 radical (unpaired) electrons. The zero-order valence-electron chi connectivity index (χ0n) is 21.3. The Kier molecular flexibility index (Phi) is 10.7. The first-order valence-corrected chi connectivity index (χ1v) is 15.8. The molecular weight excluding hydrogens is 424 g/mol. The molecule has 1 saturated heterocycles. The van der Waals surface area contributed by atoms with Crippen molar-refractivity contribution in [1.82, 2.24) is 0 Å². The van der Waals surface area contributed by atoms with Gasteiger partial charge in [0.1, 0.15) is 0 Å². The number of ether oxygens (including phenoxy) is 3. The summed E-state index contributed by atoms with van der Waals surface area (Å²) in [6, 6.07) is 0. The van der Waals surface area contributed by atoms with Gasteiger partial charge in [-0.25, -0.2) is 0 Å². The summed E-state index contributed by atoms with van der Waals surface area (Å²) >= 11 is 0. The van der Waals surface area contributed by atoms with Crippen LogP contribution in [0, 0.1) is 11.8 Å². The van der Waals surface area contributed by atoms with Crippen LogP contribution in [0.5, 0.6) is 0 Å². The first-order valence-electron chi connectivity index (χ1n) is 12.7. The first kappa shape index (κ1) is 27.8. The number of aliphatic hydroxyl groups excluding tert-OH is 2. The van der Waals surface area contributed by atoms with Crippen molar-refractivity contribution >= 4 is 14.0 Å². The number of esters is 1. The molecule has 2 unspecified atom stereocenters. The molecule has 0 bridgehead atoms. The summed E-state index contributed by atoms with van der Waals surface area (Å²) in [4.78, 5) is 11.3. The van der Waals surface area contributed by atoms with Gasteiger partial charge in [-0.3, -0.25) is 4.79 Å². The molecule has 0 aromatic rings. The molecule has 0 aromatic heterocycles. The van der Waals surface area contributed by atoms with Crippen molar-refractivity contribution in [3.63, 3.8) is 0 Å². The Balaban J connectivity index is 2.05. The fraction of sp³-hybridized carbons (Fsp3) is 0.960. The van der Waals surface area contributed by atoms with Crippen molar-refractivity contribution in [1.29, 1.82) is 0 Å². The zero-order chi connectivity index (χ0) is 23.9. The van der Waals surface area contributed by atoms with Crippen LogP contribution in [-0.4, -0.2) is 62.2 Å². The van der Waals surface area contributed by atoms with Crippen LogP contribution in [0.3, 0.4) is 0 Å². The van der Waals surface area contributed by atoms with Crippen LogP contribution >= 0.6 is 0 Å². The van der Waals surface area contributed by atoms with Gasteiger partial charge in [0.05, 0.1) is 33.1 Å². The number of unbranched alkanes of at least 4 members (excludes halogenated alkanes) is 3. The summed E-state index contributed by atoms with van der Waals surface area (Å²) in [6.07, 6.45) is 7.95. The Labute approximate surface area is 196 Å². The first-order chi connectivity index (χ1) is 15.0. The summed E-state index contributed by atoms with van der Waals surface area (Å²) in [7, 11) is -0.632. The second-order valence-corrected chi connectivity index (χ2v) is 17.0. The Hall–Kier alpha value is -0.473. The van der Waals surface area contributed by atoms with Crippen LogP contribution in [-0.2, 0) is 19.0 Å². The maximum Gasteiger partial charge on any atom is 0.305 e. The van der Waals surface area contributed by atoms with Gasteiger partial charge in [0.15, 0.2) is 6.29 Å². The fourth-order valence-electron chi connectivity index (χ4n) is 5.11. The van der Waals surface area contributed by atoms with Crippen LogP contribution < -0.4 is 0 Å². The lowest BCUT2D eigenvalue weighted by Gasteiger charge is -2.46. The molecule has 2 N–H and O–H groups in total. The van der Waals surface area contributed by atoms with Crippen LogP contribution in [0.4, 0.5) is 0 Å². The highest BCUT2D eigenvalue weighted by Crippen LogP contribution is 2.48. The van der Waals surface area contributed by atoms with E-state index < -0.39 is 19.9 Å². The summed E-state index contributed by atoms with van der Waals surface area (Å²) in [6.45, 7) is 11.9. The van der Waals surface area contributed by atoms with E-state index in [0.29, 0.717) is 12.8 Å². The Morgan fingerprint density at radius 3 is 2.44 bits per heavy atom. The van der Waals surface area contributed by atoms with E-state index in [1.165, 1.54) is 7.11 Å². The van der Waals surface area contributed by atoms with E-state index in [0.717, 1.165) is 58.0 Å².